The lowest BCUT2D eigenvalue weighted by Gasteiger charge is -2.35. The molecule has 1 atom stereocenters. The number of rotatable bonds is 5. The summed E-state index contributed by atoms with van der Waals surface area (Å²) in [7, 11) is 0. The Morgan fingerprint density at radius 2 is 1.88 bits per heavy atom. The van der Waals surface area contributed by atoms with E-state index in [4.69, 9.17) is 0 Å². The highest BCUT2D eigenvalue weighted by Crippen LogP contribution is 2.09. The second kappa shape index (κ2) is 6.58. The predicted octanol–water partition coefficient (Wildman–Crippen LogP) is 1.16. The highest BCUT2D eigenvalue weighted by molar-refractivity contribution is 4.80. The second-order valence-electron chi connectivity index (χ2n) is 5.29. The molecule has 3 heteroatoms. The largest absolute Gasteiger partial charge is 0.313 e. The molecular formula is C13H27N3. The Hall–Kier alpha value is -0.120. The molecule has 0 spiro atoms. The fourth-order valence-electron chi connectivity index (χ4n) is 2.80. The summed E-state index contributed by atoms with van der Waals surface area (Å²) in [6.07, 6.45) is 5.45. The van der Waals surface area contributed by atoms with Gasteiger partial charge in [0.15, 0.2) is 0 Å². The lowest BCUT2D eigenvalue weighted by atomic mass is 10.2. The van der Waals surface area contributed by atoms with Crippen LogP contribution in [0.4, 0.5) is 0 Å². The first-order valence-electron chi connectivity index (χ1n) is 7.06. The number of nitrogens with one attached hydrogen (secondary N) is 1. The Bertz CT molecular complexity index is 182. The molecule has 0 aromatic carbocycles. The van der Waals surface area contributed by atoms with Crippen molar-refractivity contribution in [3.05, 3.63) is 0 Å². The van der Waals surface area contributed by atoms with Gasteiger partial charge < -0.3 is 10.2 Å². The van der Waals surface area contributed by atoms with Crippen molar-refractivity contribution in [2.75, 3.05) is 45.8 Å². The van der Waals surface area contributed by atoms with E-state index in [0.717, 1.165) is 6.04 Å². The van der Waals surface area contributed by atoms with E-state index >= 15 is 0 Å². The molecule has 0 saturated carbocycles. The van der Waals surface area contributed by atoms with Crippen molar-refractivity contribution >= 4 is 0 Å². The zero-order valence-electron chi connectivity index (χ0n) is 10.7. The summed E-state index contributed by atoms with van der Waals surface area (Å²) in [5, 5.41) is 3.59. The van der Waals surface area contributed by atoms with E-state index < -0.39 is 0 Å². The van der Waals surface area contributed by atoms with E-state index in [1.807, 2.05) is 0 Å². The molecule has 94 valence electrons. The standard InChI is InChI=1S/C13H27N3/c1-2-3-7-15-8-10-16(11-9-15)12-13-5-4-6-14-13/h13-14H,2-12H2,1H3. The van der Waals surface area contributed by atoms with Gasteiger partial charge in [-0.1, -0.05) is 13.3 Å². The van der Waals surface area contributed by atoms with Crippen LogP contribution in [0.1, 0.15) is 32.6 Å². The summed E-state index contributed by atoms with van der Waals surface area (Å²) in [6.45, 7) is 11.2. The van der Waals surface area contributed by atoms with Crippen LogP contribution < -0.4 is 5.32 Å². The quantitative estimate of drug-likeness (QED) is 0.757. The summed E-state index contributed by atoms with van der Waals surface area (Å²) in [5.74, 6) is 0. The Morgan fingerprint density at radius 1 is 1.12 bits per heavy atom. The van der Waals surface area contributed by atoms with Gasteiger partial charge in [-0.15, -0.1) is 0 Å². The lowest BCUT2D eigenvalue weighted by molar-refractivity contribution is 0.124. The summed E-state index contributed by atoms with van der Waals surface area (Å²) in [6, 6.07) is 0.780. The van der Waals surface area contributed by atoms with E-state index in [1.54, 1.807) is 0 Å². The van der Waals surface area contributed by atoms with Gasteiger partial charge in [-0.2, -0.15) is 0 Å². The van der Waals surface area contributed by atoms with Crippen molar-refractivity contribution in [1.82, 2.24) is 15.1 Å². The van der Waals surface area contributed by atoms with Crippen LogP contribution in [0.25, 0.3) is 0 Å². The number of unbranched alkanes of at least 4 members (excludes halogenated alkanes) is 1. The smallest absolute Gasteiger partial charge is 0.0195 e. The Labute approximate surface area is 100 Å². The lowest BCUT2D eigenvalue weighted by Crippen LogP contribution is -2.49. The summed E-state index contributed by atoms with van der Waals surface area (Å²) >= 11 is 0. The van der Waals surface area contributed by atoms with Crippen LogP contribution in [0.15, 0.2) is 0 Å². The number of hydrogen-bond donors (Lipinski definition) is 1. The average Bonchev–Trinajstić information content (AvgIpc) is 2.81. The minimum atomic E-state index is 0.780. The Morgan fingerprint density at radius 3 is 2.50 bits per heavy atom. The molecule has 2 rings (SSSR count). The van der Waals surface area contributed by atoms with Gasteiger partial charge in [-0.05, 0) is 32.4 Å². The van der Waals surface area contributed by atoms with Crippen LogP contribution in [0.5, 0.6) is 0 Å². The topological polar surface area (TPSA) is 18.5 Å². The molecule has 0 amide bonds. The third-order valence-corrected chi connectivity index (χ3v) is 3.93. The van der Waals surface area contributed by atoms with Gasteiger partial charge in [0.05, 0.1) is 0 Å². The van der Waals surface area contributed by atoms with Crippen LogP contribution in [0.2, 0.25) is 0 Å². The molecule has 0 aromatic rings. The first-order chi connectivity index (χ1) is 7.88. The van der Waals surface area contributed by atoms with E-state index in [-0.39, 0.29) is 0 Å². The number of piperazine rings is 1. The van der Waals surface area contributed by atoms with Crippen molar-refractivity contribution in [2.45, 2.75) is 38.6 Å². The average molecular weight is 225 g/mol. The first kappa shape index (κ1) is 12.3. The number of nitrogens with zero attached hydrogens (tertiary/aromatic N) is 2. The minimum Gasteiger partial charge on any atom is -0.313 e. The van der Waals surface area contributed by atoms with E-state index in [2.05, 4.69) is 22.0 Å². The zero-order chi connectivity index (χ0) is 11.2. The SMILES string of the molecule is CCCCN1CCN(CC2CCCN2)CC1. The monoisotopic (exact) mass is 225 g/mol. The van der Waals surface area contributed by atoms with Gasteiger partial charge >= 0.3 is 0 Å². The summed E-state index contributed by atoms with van der Waals surface area (Å²) < 4.78 is 0. The molecule has 2 aliphatic rings. The Kier molecular flexibility index (Phi) is 5.07. The maximum absolute atomic E-state index is 3.59. The molecule has 1 unspecified atom stereocenters. The van der Waals surface area contributed by atoms with Gasteiger partial charge in [0.25, 0.3) is 0 Å². The molecule has 3 nitrogen and oxygen atoms in total. The predicted molar refractivity (Wildman–Crippen MR) is 68.8 cm³/mol. The molecule has 0 radical (unpaired) electrons. The normalized spacial score (nSPS) is 28.7. The first-order valence-corrected chi connectivity index (χ1v) is 7.06. The zero-order valence-corrected chi connectivity index (χ0v) is 10.7. The van der Waals surface area contributed by atoms with Gasteiger partial charge in [0.1, 0.15) is 0 Å². The van der Waals surface area contributed by atoms with E-state index in [9.17, 15) is 0 Å². The van der Waals surface area contributed by atoms with Gasteiger partial charge in [-0.3, -0.25) is 4.90 Å². The molecule has 2 aliphatic heterocycles. The highest BCUT2D eigenvalue weighted by atomic mass is 15.3. The van der Waals surface area contributed by atoms with Crippen LogP contribution in [0.3, 0.4) is 0 Å². The molecule has 0 aliphatic carbocycles. The molecule has 2 saturated heterocycles. The van der Waals surface area contributed by atoms with Crippen molar-refractivity contribution in [1.29, 1.82) is 0 Å². The van der Waals surface area contributed by atoms with Crippen molar-refractivity contribution in [3.8, 4) is 0 Å². The van der Waals surface area contributed by atoms with Crippen LogP contribution >= 0.6 is 0 Å². The molecular weight excluding hydrogens is 198 g/mol. The third-order valence-electron chi connectivity index (χ3n) is 3.93. The molecule has 16 heavy (non-hydrogen) atoms. The summed E-state index contributed by atoms with van der Waals surface area (Å²) in [4.78, 5) is 5.27. The van der Waals surface area contributed by atoms with Gasteiger partial charge in [0.2, 0.25) is 0 Å². The fourth-order valence-corrected chi connectivity index (χ4v) is 2.80. The van der Waals surface area contributed by atoms with Crippen LogP contribution in [-0.4, -0.2) is 61.7 Å². The summed E-state index contributed by atoms with van der Waals surface area (Å²) in [5.41, 5.74) is 0. The second-order valence-corrected chi connectivity index (χ2v) is 5.29. The van der Waals surface area contributed by atoms with Gasteiger partial charge in [0, 0.05) is 38.8 Å². The molecule has 1 N–H and O–H groups in total. The van der Waals surface area contributed by atoms with Crippen LogP contribution in [-0.2, 0) is 0 Å². The highest BCUT2D eigenvalue weighted by Gasteiger charge is 2.21. The fraction of sp³-hybridized carbons (Fsp3) is 1.00. The number of hydrogen-bond acceptors (Lipinski definition) is 3. The van der Waals surface area contributed by atoms with Gasteiger partial charge in [-0.25, -0.2) is 0 Å². The molecule has 2 heterocycles. The van der Waals surface area contributed by atoms with E-state index in [0.29, 0.717) is 0 Å². The third kappa shape index (κ3) is 3.72. The Balaban J connectivity index is 1.60. The van der Waals surface area contributed by atoms with Crippen molar-refractivity contribution in [2.24, 2.45) is 0 Å². The molecule has 0 aromatic heterocycles. The molecule has 0 bridgehead atoms. The maximum atomic E-state index is 3.59. The van der Waals surface area contributed by atoms with E-state index in [1.165, 1.54) is 71.5 Å². The minimum absolute atomic E-state index is 0.780. The maximum Gasteiger partial charge on any atom is 0.0195 e. The molecule has 2 fully saturated rings. The van der Waals surface area contributed by atoms with Crippen molar-refractivity contribution in [3.63, 3.8) is 0 Å². The van der Waals surface area contributed by atoms with Crippen LogP contribution in [0, 0.1) is 0 Å². The van der Waals surface area contributed by atoms with Crippen molar-refractivity contribution < 1.29 is 0 Å².